The van der Waals surface area contributed by atoms with Crippen LogP contribution >= 0.6 is 0 Å². The van der Waals surface area contributed by atoms with Crippen LogP contribution in [0.2, 0.25) is 0 Å². The van der Waals surface area contributed by atoms with Crippen LogP contribution in [0.3, 0.4) is 0 Å². The Morgan fingerprint density at radius 1 is 1.20 bits per heavy atom. The second-order valence-corrected chi connectivity index (χ2v) is 7.90. The Morgan fingerprint density at radius 3 is 2.50 bits per heavy atom. The number of nitrogens with zero attached hydrogens (tertiary/aromatic N) is 2. The number of hydroxylamine groups is 2. The Labute approximate surface area is 177 Å². The quantitative estimate of drug-likeness (QED) is 0.609. The molecule has 1 N–H and O–H groups in total. The van der Waals surface area contributed by atoms with Gasteiger partial charge in [-0.15, -0.1) is 0 Å². The van der Waals surface area contributed by atoms with Crippen LogP contribution in [-0.2, 0) is 25.7 Å². The number of piperidine rings is 1. The van der Waals surface area contributed by atoms with E-state index in [2.05, 4.69) is 4.90 Å². The van der Waals surface area contributed by atoms with Gasteiger partial charge in [0.25, 0.3) is 0 Å². The largest absolute Gasteiger partial charge is 0.491 e. The second-order valence-electron chi connectivity index (χ2n) is 7.90. The zero-order valence-corrected chi connectivity index (χ0v) is 17.8. The number of amides is 1. The van der Waals surface area contributed by atoms with E-state index < -0.39 is 11.5 Å². The maximum atomic E-state index is 12.6. The molecule has 0 aliphatic carbocycles. The zero-order chi connectivity index (χ0) is 21.6. The summed E-state index contributed by atoms with van der Waals surface area (Å²) >= 11 is 0. The van der Waals surface area contributed by atoms with Crippen molar-refractivity contribution in [3.8, 4) is 5.75 Å². The van der Waals surface area contributed by atoms with E-state index in [4.69, 9.17) is 19.4 Å². The van der Waals surface area contributed by atoms with Crippen molar-refractivity contribution in [3.05, 3.63) is 29.8 Å². The highest BCUT2D eigenvalue weighted by atomic mass is 16.7. The first kappa shape index (κ1) is 22.5. The summed E-state index contributed by atoms with van der Waals surface area (Å²) in [6.07, 6.45) is 2.28. The van der Waals surface area contributed by atoms with E-state index in [-0.39, 0.29) is 31.5 Å². The maximum absolute atomic E-state index is 12.6. The Morgan fingerprint density at radius 2 is 1.90 bits per heavy atom. The highest BCUT2D eigenvalue weighted by Gasteiger charge is 2.58. The van der Waals surface area contributed by atoms with E-state index >= 15 is 0 Å². The predicted octanol–water partition coefficient (Wildman–Crippen LogP) is 1.76. The molecule has 0 radical (unpaired) electrons. The Hall–Kier alpha value is -2.16. The van der Waals surface area contributed by atoms with Crippen LogP contribution in [0.15, 0.2) is 24.3 Å². The average Bonchev–Trinajstić information content (AvgIpc) is 3.04. The number of ether oxygens (including phenoxy) is 2. The number of likely N-dealkylation sites (tertiary alicyclic amines) is 1. The number of hydrogen-bond donors (Lipinski definition) is 1. The SMILES string of the molecule is CCCON1C(=O)CC(C(=O)OC)C12CCN(Cc1ccc(OCCO)cc1)CC2. The van der Waals surface area contributed by atoms with Crippen LogP contribution in [0.4, 0.5) is 0 Å². The molecule has 2 aliphatic rings. The molecule has 0 saturated carbocycles. The van der Waals surface area contributed by atoms with Crippen molar-refractivity contribution in [1.29, 1.82) is 0 Å². The number of hydrogen-bond acceptors (Lipinski definition) is 7. The summed E-state index contributed by atoms with van der Waals surface area (Å²) in [5.74, 6) is -0.222. The Balaban J connectivity index is 1.65. The van der Waals surface area contributed by atoms with E-state index in [0.29, 0.717) is 19.4 Å². The third kappa shape index (κ3) is 4.77. The number of carbonyl (C=O) groups excluding carboxylic acids is 2. The molecule has 1 aromatic carbocycles. The molecule has 2 aliphatic heterocycles. The minimum atomic E-state index is -0.627. The summed E-state index contributed by atoms with van der Waals surface area (Å²) < 4.78 is 10.4. The van der Waals surface area contributed by atoms with Crippen molar-refractivity contribution in [2.45, 2.75) is 44.7 Å². The van der Waals surface area contributed by atoms with Gasteiger partial charge >= 0.3 is 5.97 Å². The third-order valence-corrected chi connectivity index (χ3v) is 5.98. The highest BCUT2D eigenvalue weighted by molar-refractivity contribution is 5.88. The molecule has 0 aromatic heterocycles. The van der Waals surface area contributed by atoms with E-state index in [0.717, 1.165) is 37.4 Å². The van der Waals surface area contributed by atoms with Gasteiger partial charge in [-0.05, 0) is 37.0 Å². The fraction of sp³-hybridized carbons (Fsp3) is 0.636. The minimum Gasteiger partial charge on any atom is -0.491 e. The fourth-order valence-electron chi connectivity index (χ4n) is 4.43. The van der Waals surface area contributed by atoms with Gasteiger partial charge in [0.05, 0.1) is 31.8 Å². The first-order chi connectivity index (χ1) is 14.5. The molecule has 166 valence electrons. The number of rotatable bonds is 9. The van der Waals surface area contributed by atoms with Crippen molar-refractivity contribution < 1.29 is 29.0 Å². The van der Waals surface area contributed by atoms with Crippen LogP contribution in [-0.4, -0.2) is 72.5 Å². The summed E-state index contributed by atoms with van der Waals surface area (Å²) in [5.41, 5.74) is 0.533. The van der Waals surface area contributed by atoms with E-state index in [1.54, 1.807) is 0 Å². The second kappa shape index (κ2) is 10.2. The van der Waals surface area contributed by atoms with Gasteiger partial charge in [-0.3, -0.25) is 19.3 Å². The van der Waals surface area contributed by atoms with Crippen molar-refractivity contribution >= 4 is 11.9 Å². The number of esters is 1. The van der Waals surface area contributed by atoms with Gasteiger partial charge in [0.2, 0.25) is 5.91 Å². The van der Waals surface area contributed by atoms with Gasteiger partial charge in [-0.25, -0.2) is 5.06 Å². The van der Waals surface area contributed by atoms with Gasteiger partial charge in [-0.2, -0.15) is 0 Å². The van der Waals surface area contributed by atoms with Crippen LogP contribution in [0.5, 0.6) is 5.75 Å². The summed E-state index contributed by atoms with van der Waals surface area (Å²) in [4.78, 5) is 33.2. The van der Waals surface area contributed by atoms with Crippen molar-refractivity contribution in [3.63, 3.8) is 0 Å². The normalized spacial score (nSPS) is 21.2. The van der Waals surface area contributed by atoms with Crippen LogP contribution in [0.1, 0.15) is 38.2 Å². The molecular formula is C22H32N2O6. The molecule has 1 spiro atoms. The van der Waals surface area contributed by atoms with Gasteiger partial charge in [0.15, 0.2) is 0 Å². The Bertz CT molecular complexity index is 715. The van der Waals surface area contributed by atoms with Gasteiger partial charge in [0.1, 0.15) is 12.4 Å². The minimum absolute atomic E-state index is 0.00859. The first-order valence-corrected chi connectivity index (χ1v) is 10.6. The smallest absolute Gasteiger partial charge is 0.311 e. The molecular weight excluding hydrogens is 388 g/mol. The monoisotopic (exact) mass is 420 g/mol. The number of aliphatic hydroxyl groups excluding tert-OH is 1. The van der Waals surface area contributed by atoms with Crippen molar-refractivity contribution in [2.24, 2.45) is 5.92 Å². The van der Waals surface area contributed by atoms with Crippen LogP contribution in [0, 0.1) is 5.92 Å². The van der Waals surface area contributed by atoms with Crippen LogP contribution in [0.25, 0.3) is 0 Å². The summed E-state index contributed by atoms with van der Waals surface area (Å²) in [7, 11) is 1.37. The lowest BCUT2D eigenvalue weighted by molar-refractivity contribution is -0.223. The Kier molecular flexibility index (Phi) is 7.69. The third-order valence-electron chi connectivity index (χ3n) is 5.98. The fourth-order valence-corrected chi connectivity index (χ4v) is 4.43. The number of carbonyl (C=O) groups is 2. The molecule has 1 atom stereocenters. The summed E-state index contributed by atoms with van der Waals surface area (Å²) in [5, 5.41) is 10.3. The molecule has 1 aromatic rings. The average molecular weight is 421 g/mol. The molecule has 8 nitrogen and oxygen atoms in total. The lowest BCUT2D eigenvalue weighted by atomic mass is 9.77. The molecule has 1 unspecified atom stereocenters. The molecule has 2 fully saturated rings. The maximum Gasteiger partial charge on any atom is 0.311 e. The zero-order valence-electron chi connectivity index (χ0n) is 17.8. The lowest BCUT2D eigenvalue weighted by Gasteiger charge is -2.45. The topological polar surface area (TPSA) is 88.5 Å². The molecule has 3 rings (SSSR count). The number of aliphatic hydroxyl groups is 1. The van der Waals surface area contributed by atoms with E-state index in [9.17, 15) is 9.59 Å². The predicted molar refractivity (Wildman–Crippen MR) is 109 cm³/mol. The van der Waals surface area contributed by atoms with E-state index in [1.165, 1.54) is 12.2 Å². The first-order valence-electron chi connectivity index (χ1n) is 10.6. The lowest BCUT2D eigenvalue weighted by Crippen LogP contribution is -2.57. The highest BCUT2D eigenvalue weighted by Crippen LogP contribution is 2.44. The van der Waals surface area contributed by atoms with Crippen molar-refractivity contribution in [2.75, 3.05) is 40.0 Å². The van der Waals surface area contributed by atoms with E-state index in [1.807, 2.05) is 31.2 Å². The molecule has 0 bridgehead atoms. The molecule has 2 saturated heterocycles. The van der Waals surface area contributed by atoms with Gasteiger partial charge < -0.3 is 14.6 Å². The van der Waals surface area contributed by atoms with Crippen LogP contribution < -0.4 is 4.74 Å². The summed E-state index contributed by atoms with van der Waals surface area (Å²) in [6, 6.07) is 7.84. The standard InChI is InChI=1S/C22H32N2O6/c1-3-13-30-24-20(26)15-19(21(27)28-2)22(24)8-10-23(11-9-22)16-17-4-6-18(7-5-17)29-14-12-25/h4-7,19,25H,3,8-16H2,1-2H3. The van der Waals surface area contributed by atoms with Gasteiger partial charge in [-0.1, -0.05) is 19.1 Å². The molecule has 30 heavy (non-hydrogen) atoms. The van der Waals surface area contributed by atoms with Crippen molar-refractivity contribution in [1.82, 2.24) is 9.96 Å². The molecule has 2 heterocycles. The summed E-state index contributed by atoms with van der Waals surface area (Å²) in [6.45, 7) is 5.02. The number of methoxy groups -OCH3 is 1. The van der Waals surface area contributed by atoms with Gasteiger partial charge in [0, 0.05) is 26.1 Å². The molecule has 1 amide bonds. The number of benzene rings is 1. The molecule has 8 heteroatoms.